The maximum Gasteiger partial charge on any atom is 0.119 e. The van der Waals surface area contributed by atoms with Crippen LogP contribution in [0, 0.1) is 0 Å². The standard InChI is InChI=1S/C20H26O2/c1-3-5-15-22-18-13-11-17(12-14-18)20(21)19(4-2)16-9-7-6-8-10-16/h6-14,19-21H,3-5,15H2,1-2H3. The number of rotatable bonds is 8. The Morgan fingerprint density at radius 2 is 1.59 bits per heavy atom. The predicted molar refractivity (Wildman–Crippen MR) is 91.3 cm³/mol. The highest BCUT2D eigenvalue weighted by atomic mass is 16.5. The van der Waals surface area contributed by atoms with E-state index in [4.69, 9.17) is 4.74 Å². The second-order valence-electron chi connectivity index (χ2n) is 5.64. The molecule has 1 N–H and O–H groups in total. The molecular weight excluding hydrogens is 272 g/mol. The first-order valence-electron chi connectivity index (χ1n) is 8.22. The highest BCUT2D eigenvalue weighted by Gasteiger charge is 2.20. The lowest BCUT2D eigenvalue weighted by Gasteiger charge is -2.22. The summed E-state index contributed by atoms with van der Waals surface area (Å²) in [6.45, 7) is 5.01. The quantitative estimate of drug-likeness (QED) is 0.688. The zero-order valence-corrected chi connectivity index (χ0v) is 13.5. The summed E-state index contributed by atoms with van der Waals surface area (Å²) in [5, 5.41) is 10.7. The van der Waals surface area contributed by atoms with E-state index in [1.807, 2.05) is 42.5 Å². The first-order chi connectivity index (χ1) is 10.8. The molecule has 2 unspecified atom stereocenters. The molecule has 0 fully saturated rings. The summed E-state index contributed by atoms with van der Waals surface area (Å²) in [6.07, 6.45) is 2.61. The third kappa shape index (κ3) is 4.35. The van der Waals surface area contributed by atoms with Crippen LogP contribution in [-0.2, 0) is 0 Å². The van der Waals surface area contributed by atoms with E-state index in [1.54, 1.807) is 0 Å². The molecule has 0 aromatic heterocycles. The first kappa shape index (κ1) is 16.6. The van der Waals surface area contributed by atoms with Crippen LogP contribution in [0.3, 0.4) is 0 Å². The molecule has 0 bridgehead atoms. The monoisotopic (exact) mass is 298 g/mol. The number of aliphatic hydroxyl groups is 1. The normalized spacial score (nSPS) is 13.6. The van der Waals surface area contributed by atoms with Gasteiger partial charge >= 0.3 is 0 Å². The Kier molecular flexibility index (Phi) is 6.47. The van der Waals surface area contributed by atoms with Gasteiger partial charge in [-0.1, -0.05) is 62.7 Å². The van der Waals surface area contributed by atoms with Crippen LogP contribution in [-0.4, -0.2) is 11.7 Å². The maximum atomic E-state index is 10.7. The Hall–Kier alpha value is -1.80. The minimum atomic E-state index is -0.489. The summed E-state index contributed by atoms with van der Waals surface area (Å²) in [5.41, 5.74) is 2.12. The summed E-state index contributed by atoms with van der Waals surface area (Å²) in [7, 11) is 0. The molecule has 0 saturated heterocycles. The van der Waals surface area contributed by atoms with E-state index in [1.165, 1.54) is 5.56 Å². The van der Waals surface area contributed by atoms with Crippen molar-refractivity contribution in [3.05, 3.63) is 65.7 Å². The number of unbranched alkanes of at least 4 members (excludes halogenated alkanes) is 1. The lowest BCUT2D eigenvalue weighted by molar-refractivity contribution is 0.142. The summed E-state index contributed by atoms with van der Waals surface area (Å²) in [5.74, 6) is 0.991. The van der Waals surface area contributed by atoms with E-state index >= 15 is 0 Å². The topological polar surface area (TPSA) is 29.5 Å². The van der Waals surface area contributed by atoms with Gasteiger partial charge < -0.3 is 9.84 Å². The highest BCUT2D eigenvalue weighted by Crippen LogP contribution is 2.34. The second-order valence-corrected chi connectivity index (χ2v) is 5.64. The fourth-order valence-corrected chi connectivity index (χ4v) is 2.67. The van der Waals surface area contributed by atoms with Crippen LogP contribution >= 0.6 is 0 Å². The Labute approximate surface area is 133 Å². The molecule has 2 aromatic rings. The molecule has 2 heteroatoms. The fourth-order valence-electron chi connectivity index (χ4n) is 2.67. The number of hydrogen-bond donors (Lipinski definition) is 1. The lowest BCUT2D eigenvalue weighted by Crippen LogP contribution is -2.10. The van der Waals surface area contributed by atoms with Crippen molar-refractivity contribution in [2.75, 3.05) is 6.61 Å². The lowest BCUT2D eigenvalue weighted by atomic mass is 9.87. The molecule has 0 heterocycles. The van der Waals surface area contributed by atoms with Gasteiger partial charge in [0.2, 0.25) is 0 Å². The van der Waals surface area contributed by atoms with Gasteiger partial charge in [0, 0.05) is 5.92 Å². The van der Waals surface area contributed by atoms with E-state index in [0.29, 0.717) is 0 Å². The Bertz CT molecular complexity index is 533. The molecule has 0 amide bonds. The minimum Gasteiger partial charge on any atom is -0.494 e. The number of hydrogen-bond acceptors (Lipinski definition) is 2. The van der Waals surface area contributed by atoms with Gasteiger partial charge in [-0.05, 0) is 36.1 Å². The Morgan fingerprint density at radius 3 is 2.18 bits per heavy atom. The summed E-state index contributed by atoms with van der Waals surface area (Å²) < 4.78 is 5.67. The van der Waals surface area contributed by atoms with Crippen molar-refractivity contribution in [1.82, 2.24) is 0 Å². The zero-order chi connectivity index (χ0) is 15.8. The minimum absolute atomic E-state index is 0.119. The molecule has 0 aliphatic heterocycles. The largest absolute Gasteiger partial charge is 0.494 e. The summed E-state index contributed by atoms with van der Waals surface area (Å²) in [6, 6.07) is 18.1. The average Bonchev–Trinajstić information content (AvgIpc) is 2.57. The Morgan fingerprint density at radius 1 is 0.909 bits per heavy atom. The van der Waals surface area contributed by atoms with Crippen molar-refractivity contribution in [3.63, 3.8) is 0 Å². The third-order valence-corrected chi connectivity index (χ3v) is 4.04. The molecule has 22 heavy (non-hydrogen) atoms. The van der Waals surface area contributed by atoms with Crippen LogP contribution in [0.1, 0.15) is 56.3 Å². The van der Waals surface area contributed by atoms with Crippen molar-refractivity contribution in [1.29, 1.82) is 0 Å². The molecule has 118 valence electrons. The molecule has 0 spiro atoms. The first-order valence-corrected chi connectivity index (χ1v) is 8.22. The molecule has 0 aliphatic carbocycles. The van der Waals surface area contributed by atoms with Gasteiger partial charge in [-0.25, -0.2) is 0 Å². The molecular formula is C20H26O2. The Balaban J connectivity index is 2.06. The van der Waals surface area contributed by atoms with Crippen molar-refractivity contribution in [2.24, 2.45) is 0 Å². The van der Waals surface area contributed by atoms with E-state index in [9.17, 15) is 5.11 Å². The van der Waals surface area contributed by atoms with Crippen LogP contribution in [0.5, 0.6) is 5.75 Å². The SMILES string of the molecule is CCCCOc1ccc(C(O)C(CC)c2ccccc2)cc1. The molecule has 2 atom stereocenters. The molecule has 0 radical (unpaired) electrons. The van der Waals surface area contributed by atoms with E-state index < -0.39 is 6.10 Å². The van der Waals surface area contributed by atoms with Crippen molar-refractivity contribution >= 4 is 0 Å². The van der Waals surface area contributed by atoms with Gasteiger partial charge in [0.25, 0.3) is 0 Å². The van der Waals surface area contributed by atoms with Gasteiger partial charge in [-0.15, -0.1) is 0 Å². The van der Waals surface area contributed by atoms with Crippen LogP contribution in [0.2, 0.25) is 0 Å². The van der Waals surface area contributed by atoms with E-state index in [-0.39, 0.29) is 5.92 Å². The van der Waals surface area contributed by atoms with Crippen LogP contribution < -0.4 is 4.74 Å². The van der Waals surface area contributed by atoms with E-state index in [0.717, 1.165) is 37.2 Å². The third-order valence-electron chi connectivity index (χ3n) is 4.04. The van der Waals surface area contributed by atoms with Crippen LogP contribution in [0.4, 0.5) is 0 Å². The zero-order valence-electron chi connectivity index (χ0n) is 13.5. The van der Waals surface area contributed by atoms with Crippen LogP contribution in [0.15, 0.2) is 54.6 Å². The number of ether oxygens (including phenoxy) is 1. The van der Waals surface area contributed by atoms with Crippen molar-refractivity contribution < 1.29 is 9.84 Å². The predicted octanol–water partition coefficient (Wildman–Crippen LogP) is 5.09. The summed E-state index contributed by atoms with van der Waals surface area (Å²) in [4.78, 5) is 0. The molecule has 2 aromatic carbocycles. The van der Waals surface area contributed by atoms with E-state index in [2.05, 4.69) is 26.0 Å². The fraction of sp³-hybridized carbons (Fsp3) is 0.400. The summed E-state index contributed by atoms with van der Waals surface area (Å²) >= 11 is 0. The van der Waals surface area contributed by atoms with Gasteiger partial charge in [0.15, 0.2) is 0 Å². The number of aliphatic hydroxyl groups excluding tert-OH is 1. The highest BCUT2D eigenvalue weighted by molar-refractivity contribution is 5.31. The van der Waals surface area contributed by atoms with Gasteiger partial charge in [0.05, 0.1) is 12.7 Å². The van der Waals surface area contributed by atoms with Gasteiger partial charge in [-0.2, -0.15) is 0 Å². The molecule has 2 rings (SSSR count). The second kappa shape index (κ2) is 8.60. The van der Waals surface area contributed by atoms with Crippen molar-refractivity contribution in [3.8, 4) is 5.75 Å². The van der Waals surface area contributed by atoms with Crippen LogP contribution in [0.25, 0.3) is 0 Å². The molecule has 0 saturated carbocycles. The number of benzene rings is 2. The van der Waals surface area contributed by atoms with Gasteiger partial charge in [0.1, 0.15) is 5.75 Å². The smallest absolute Gasteiger partial charge is 0.119 e. The van der Waals surface area contributed by atoms with Crippen molar-refractivity contribution in [2.45, 2.75) is 45.1 Å². The average molecular weight is 298 g/mol. The molecule has 0 aliphatic rings. The maximum absolute atomic E-state index is 10.7. The van der Waals surface area contributed by atoms with Gasteiger partial charge in [-0.3, -0.25) is 0 Å². The molecule has 2 nitrogen and oxygen atoms in total.